The highest BCUT2D eigenvalue weighted by atomic mass is 19.1. The molecular weight excluding hydrogens is 239 g/mol. The molecule has 0 aromatic heterocycles. The third kappa shape index (κ3) is 3.77. The topological polar surface area (TPSA) is 15.3 Å². The molecule has 2 rings (SSSR count). The van der Waals surface area contributed by atoms with Crippen LogP contribution in [0.1, 0.15) is 33.3 Å². The van der Waals surface area contributed by atoms with Gasteiger partial charge in [0.25, 0.3) is 0 Å². The average molecular weight is 264 g/mol. The molecule has 106 valence electrons. The molecule has 0 saturated carbocycles. The maximum atomic E-state index is 12.9. The van der Waals surface area contributed by atoms with Gasteiger partial charge in [0.2, 0.25) is 0 Å². The highest BCUT2D eigenvalue weighted by Crippen LogP contribution is 2.20. The van der Waals surface area contributed by atoms with Crippen LogP contribution < -0.4 is 5.32 Å². The van der Waals surface area contributed by atoms with Crippen LogP contribution in [0.25, 0.3) is 0 Å². The van der Waals surface area contributed by atoms with Crippen LogP contribution in [0.2, 0.25) is 0 Å². The number of nitrogens with zero attached hydrogens (tertiary/aromatic N) is 1. The average Bonchev–Trinajstić information content (AvgIpc) is 2.35. The lowest BCUT2D eigenvalue weighted by molar-refractivity contribution is 0.0692. The third-order valence-electron chi connectivity index (χ3n) is 4.03. The second-order valence-corrected chi connectivity index (χ2v) is 6.47. The van der Waals surface area contributed by atoms with Crippen molar-refractivity contribution in [3.63, 3.8) is 0 Å². The minimum atomic E-state index is -0.159. The molecule has 0 spiro atoms. The summed E-state index contributed by atoms with van der Waals surface area (Å²) in [5.41, 5.74) is 1.38. The van der Waals surface area contributed by atoms with Gasteiger partial charge in [-0.25, -0.2) is 4.39 Å². The van der Waals surface area contributed by atoms with E-state index in [0.29, 0.717) is 12.1 Å². The molecular formula is C16H25FN2. The van der Waals surface area contributed by atoms with Gasteiger partial charge in [-0.05, 0) is 51.8 Å². The molecule has 1 N–H and O–H groups in total. The van der Waals surface area contributed by atoms with E-state index in [4.69, 9.17) is 0 Å². The molecule has 1 aromatic carbocycles. The summed E-state index contributed by atoms with van der Waals surface area (Å²) in [6, 6.07) is 7.90. The van der Waals surface area contributed by atoms with Gasteiger partial charge >= 0.3 is 0 Å². The molecule has 0 radical (unpaired) electrons. The molecule has 0 aliphatic carbocycles. The Morgan fingerprint density at radius 1 is 1.37 bits per heavy atom. The largest absolute Gasteiger partial charge is 0.309 e. The second-order valence-electron chi connectivity index (χ2n) is 6.47. The predicted molar refractivity (Wildman–Crippen MR) is 77.8 cm³/mol. The van der Waals surface area contributed by atoms with E-state index < -0.39 is 0 Å². The minimum Gasteiger partial charge on any atom is -0.309 e. The van der Waals surface area contributed by atoms with Gasteiger partial charge < -0.3 is 5.32 Å². The van der Waals surface area contributed by atoms with Gasteiger partial charge in [-0.2, -0.15) is 0 Å². The Labute approximate surface area is 116 Å². The van der Waals surface area contributed by atoms with Crippen molar-refractivity contribution in [2.75, 3.05) is 13.1 Å². The van der Waals surface area contributed by atoms with Crippen LogP contribution >= 0.6 is 0 Å². The highest BCUT2D eigenvalue weighted by Gasteiger charge is 2.32. The smallest absolute Gasteiger partial charge is 0.123 e. The lowest BCUT2D eigenvalue weighted by Gasteiger charge is -2.46. The van der Waals surface area contributed by atoms with Crippen LogP contribution in [-0.2, 0) is 6.42 Å². The van der Waals surface area contributed by atoms with E-state index in [-0.39, 0.29) is 11.4 Å². The van der Waals surface area contributed by atoms with Crippen LogP contribution in [0.5, 0.6) is 0 Å². The number of nitrogens with one attached hydrogen (secondary N) is 1. The molecule has 19 heavy (non-hydrogen) atoms. The Morgan fingerprint density at radius 2 is 2.00 bits per heavy atom. The molecule has 1 aromatic rings. The van der Waals surface area contributed by atoms with Gasteiger partial charge in [-0.1, -0.05) is 12.1 Å². The van der Waals surface area contributed by atoms with Crippen molar-refractivity contribution in [3.8, 4) is 0 Å². The van der Waals surface area contributed by atoms with Crippen molar-refractivity contribution in [1.82, 2.24) is 10.2 Å². The lowest BCUT2D eigenvalue weighted by Crippen LogP contribution is -2.62. The normalized spacial score (nSPS) is 25.2. The molecule has 1 fully saturated rings. The summed E-state index contributed by atoms with van der Waals surface area (Å²) in [5.74, 6) is -0.159. The van der Waals surface area contributed by atoms with E-state index in [0.717, 1.165) is 19.5 Å². The summed E-state index contributed by atoms with van der Waals surface area (Å²) in [4.78, 5) is 2.56. The van der Waals surface area contributed by atoms with E-state index in [1.807, 2.05) is 12.1 Å². The first-order chi connectivity index (χ1) is 8.87. The van der Waals surface area contributed by atoms with Gasteiger partial charge in [0.1, 0.15) is 5.82 Å². The van der Waals surface area contributed by atoms with Gasteiger partial charge in [0.05, 0.1) is 0 Å². The van der Waals surface area contributed by atoms with E-state index in [1.165, 1.54) is 5.56 Å². The van der Waals surface area contributed by atoms with Crippen molar-refractivity contribution >= 4 is 0 Å². The minimum absolute atomic E-state index is 0.159. The van der Waals surface area contributed by atoms with Crippen LogP contribution in [0.15, 0.2) is 24.3 Å². The van der Waals surface area contributed by atoms with E-state index in [2.05, 4.69) is 37.9 Å². The van der Waals surface area contributed by atoms with Crippen LogP contribution in [0.4, 0.5) is 4.39 Å². The van der Waals surface area contributed by atoms with Crippen LogP contribution in [-0.4, -0.2) is 35.6 Å². The summed E-state index contributed by atoms with van der Waals surface area (Å²) in [7, 11) is 0. The standard InChI is InChI=1S/C16H25FN2/c1-12(9-14-5-7-15(17)8-6-14)19-11-16(3,4)18-10-13(19)2/h5-8,12-13,18H,9-11H2,1-4H3. The second kappa shape index (κ2) is 5.59. The number of hydrogen-bond donors (Lipinski definition) is 1. The molecule has 3 heteroatoms. The van der Waals surface area contributed by atoms with Gasteiger partial charge in [0, 0.05) is 30.7 Å². The molecule has 1 saturated heterocycles. The molecule has 1 aliphatic heterocycles. The number of hydrogen-bond acceptors (Lipinski definition) is 2. The zero-order valence-electron chi connectivity index (χ0n) is 12.4. The predicted octanol–water partition coefficient (Wildman–Crippen LogP) is 2.83. The van der Waals surface area contributed by atoms with Crippen molar-refractivity contribution in [2.45, 2.75) is 51.7 Å². The molecule has 0 amide bonds. The highest BCUT2D eigenvalue weighted by molar-refractivity contribution is 5.17. The SMILES string of the molecule is CC1CNC(C)(C)CN1C(C)Cc1ccc(F)cc1. The number of rotatable bonds is 3. The van der Waals surface area contributed by atoms with Crippen LogP contribution in [0.3, 0.4) is 0 Å². The summed E-state index contributed by atoms with van der Waals surface area (Å²) in [6.07, 6.45) is 0.973. The van der Waals surface area contributed by atoms with Crippen molar-refractivity contribution in [2.24, 2.45) is 0 Å². The summed E-state index contributed by atoms with van der Waals surface area (Å²) >= 11 is 0. The Bertz CT molecular complexity index is 413. The quantitative estimate of drug-likeness (QED) is 0.903. The molecule has 1 heterocycles. The summed E-state index contributed by atoms with van der Waals surface area (Å²) in [6.45, 7) is 11.1. The Kier molecular flexibility index (Phi) is 4.26. The number of halogens is 1. The third-order valence-corrected chi connectivity index (χ3v) is 4.03. The Morgan fingerprint density at radius 3 is 2.63 bits per heavy atom. The van der Waals surface area contributed by atoms with E-state index in [9.17, 15) is 4.39 Å². The fourth-order valence-corrected chi connectivity index (χ4v) is 2.88. The summed E-state index contributed by atoms with van der Waals surface area (Å²) < 4.78 is 12.9. The maximum Gasteiger partial charge on any atom is 0.123 e. The van der Waals surface area contributed by atoms with Crippen molar-refractivity contribution in [3.05, 3.63) is 35.6 Å². The number of benzene rings is 1. The molecule has 2 nitrogen and oxygen atoms in total. The first-order valence-electron chi connectivity index (χ1n) is 7.12. The first-order valence-corrected chi connectivity index (χ1v) is 7.12. The molecule has 0 bridgehead atoms. The van der Waals surface area contributed by atoms with Crippen molar-refractivity contribution < 1.29 is 4.39 Å². The number of piperazine rings is 1. The fourth-order valence-electron chi connectivity index (χ4n) is 2.88. The maximum absolute atomic E-state index is 12.9. The zero-order valence-corrected chi connectivity index (χ0v) is 12.4. The lowest BCUT2D eigenvalue weighted by atomic mass is 9.95. The molecule has 1 aliphatic rings. The monoisotopic (exact) mass is 264 g/mol. The van der Waals surface area contributed by atoms with Gasteiger partial charge in [-0.3, -0.25) is 4.90 Å². The Balaban J connectivity index is 2.02. The summed E-state index contributed by atoms with van der Waals surface area (Å²) in [5, 5.41) is 3.57. The first kappa shape index (κ1) is 14.5. The Hall–Kier alpha value is -0.930. The van der Waals surface area contributed by atoms with E-state index >= 15 is 0 Å². The molecule has 2 atom stereocenters. The van der Waals surface area contributed by atoms with Gasteiger partial charge in [-0.15, -0.1) is 0 Å². The van der Waals surface area contributed by atoms with Gasteiger partial charge in [0.15, 0.2) is 0 Å². The van der Waals surface area contributed by atoms with E-state index in [1.54, 1.807) is 12.1 Å². The zero-order chi connectivity index (χ0) is 14.0. The fraction of sp³-hybridized carbons (Fsp3) is 0.625. The van der Waals surface area contributed by atoms with Crippen molar-refractivity contribution in [1.29, 1.82) is 0 Å². The molecule has 2 unspecified atom stereocenters. The van der Waals surface area contributed by atoms with Crippen LogP contribution in [0, 0.1) is 5.82 Å².